The third kappa shape index (κ3) is 3.43. The van der Waals surface area contributed by atoms with Gasteiger partial charge in [0, 0.05) is 5.56 Å². The zero-order valence-electron chi connectivity index (χ0n) is 7.93. The molecule has 0 heterocycles. The smallest absolute Gasteiger partial charge is 0.361 e. The van der Waals surface area contributed by atoms with Crippen LogP contribution >= 0.6 is 0 Å². The molecule has 0 saturated heterocycles. The predicted molar refractivity (Wildman–Crippen MR) is 49.0 cm³/mol. The van der Waals surface area contributed by atoms with E-state index in [1.165, 1.54) is 0 Å². The van der Waals surface area contributed by atoms with Crippen molar-refractivity contribution in [3.8, 4) is 5.75 Å². The lowest BCUT2D eigenvalue weighted by molar-refractivity contribution is -0.138. The monoisotopic (exact) mass is 270 g/mol. The van der Waals surface area contributed by atoms with Gasteiger partial charge in [0.2, 0.25) is 0 Å². The fourth-order valence-corrected chi connectivity index (χ4v) is 1.50. The van der Waals surface area contributed by atoms with Crippen molar-refractivity contribution in [2.24, 2.45) is 0 Å². The Balaban J connectivity index is 3.45. The summed E-state index contributed by atoms with van der Waals surface area (Å²) < 4.78 is 70.5. The van der Waals surface area contributed by atoms with E-state index >= 15 is 0 Å². The van der Waals surface area contributed by atoms with Gasteiger partial charge >= 0.3 is 16.6 Å². The number of aldehydes is 1. The topological polar surface area (TPSA) is 80.7 Å². The lowest BCUT2D eigenvalue weighted by Crippen LogP contribution is -2.15. The molecular weight excluding hydrogens is 265 g/mol. The van der Waals surface area contributed by atoms with Gasteiger partial charge in [-0.1, -0.05) is 12.1 Å². The molecule has 0 radical (unpaired) electrons. The first-order valence-corrected chi connectivity index (χ1v) is 5.34. The lowest BCUT2D eigenvalue weighted by atomic mass is 10.1. The second kappa shape index (κ2) is 4.34. The number of rotatable bonds is 3. The zero-order valence-corrected chi connectivity index (χ0v) is 8.75. The van der Waals surface area contributed by atoms with Crippen LogP contribution in [-0.2, 0) is 16.6 Å². The highest BCUT2D eigenvalue weighted by Gasteiger charge is 2.38. The van der Waals surface area contributed by atoms with Crippen LogP contribution in [0.15, 0.2) is 18.2 Å². The summed E-state index contributed by atoms with van der Waals surface area (Å²) in [5.41, 5.74) is -2.36. The van der Waals surface area contributed by atoms with E-state index in [9.17, 15) is 26.4 Å². The van der Waals surface area contributed by atoms with Crippen LogP contribution in [0, 0.1) is 0 Å². The van der Waals surface area contributed by atoms with Crippen LogP contribution in [0.2, 0.25) is 0 Å². The quantitative estimate of drug-likeness (QED) is 0.667. The van der Waals surface area contributed by atoms with E-state index in [4.69, 9.17) is 4.55 Å². The molecule has 94 valence electrons. The molecule has 0 aliphatic carbocycles. The molecular formula is C8H5F3O5S. The largest absolute Gasteiger partial charge is 0.446 e. The number of hydrogen-bond donors (Lipinski definition) is 1. The summed E-state index contributed by atoms with van der Waals surface area (Å²) in [5, 5.41) is 0. The maximum absolute atomic E-state index is 12.6. The van der Waals surface area contributed by atoms with Gasteiger partial charge in [-0.05, 0) is 6.07 Å². The number of halogens is 3. The normalized spacial score (nSPS) is 12.2. The van der Waals surface area contributed by atoms with E-state index < -0.39 is 33.5 Å². The van der Waals surface area contributed by atoms with E-state index in [1.54, 1.807) is 0 Å². The van der Waals surface area contributed by atoms with Crippen molar-refractivity contribution < 1.29 is 35.1 Å². The van der Waals surface area contributed by atoms with Gasteiger partial charge in [0.1, 0.15) is 5.56 Å². The van der Waals surface area contributed by atoms with Gasteiger partial charge in [0.05, 0.1) is 0 Å². The SMILES string of the molecule is O=Cc1cccc(OS(=O)(=O)O)c1C(F)(F)F. The van der Waals surface area contributed by atoms with Gasteiger partial charge < -0.3 is 4.18 Å². The second-order valence-electron chi connectivity index (χ2n) is 2.85. The average Bonchev–Trinajstić information content (AvgIpc) is 2.12. The van der Waals surface area contributed by atoms with E-state index in [2.05, 4.69) is 4.18 Å². The third-order valence-electron chi connectivity index (χ3n) is 1.66. The van der Waals surface area contributed by atoms with Gasteiger partial charge in [0.15, 0.2) is 12.0 Å². The third-order valence-corrected chi connectivity index (χ3v) is 2.05. The molecule has 9 heteroatoms. The van der Waals surface area contributed by atoms with Crippen LogP contribution in [0.25, 0.3) is 0 Å². The van der Waals surface area contributed by atoms with Crippen LogP contribution in [0.3, 0.4) is 0 Å². The van der Waals surface area contributed by atoms with E-state index in [-0.39, 0.29) is 6.29 Å². The van der Waals surface area contributed by atoms with Gasteiger partial charge in [-0.2, -0.15) is 21.6 Å². The highest BCUT2D eigenvalue weighted by Crippen LogP contribution is 2.38. The molecule has 0 saturated carbocycles. The number of alkyl halides is 3. The van der Waals surface area contributed by atoms with Gasteiger partial charge in [-0.3, -0.25) is 9.35 Å². The van der Waals surface area contributed by atoms with Gasteiger partial charge in [-0.25, -0.2) is 0 Å². The Morgan fingerprint density at radius 2 is 1.88 bits per heavy atom. The van der Waals surface area contributed by atoms with Crippen LogP contribution in [0.5, 0.6) is 5.75 Å². The number of benzene rings is 1. The van der Waals surface area contributed by atoms with Crippen molar-refractivity contribution in [3.63, 3.8) is 0 Å². The minimum absolute atomic E-state index is 0.0975. The number of carbonyl (C=O) groups excluding carboxylic acids is 1. The van der Waals surface area contributed by atoms with Crippen LogP contribution < -0.4 is 4.18 Å². The first kappa shape index (κ1) is 13.5. The minimum Gasteiger partial charge on any atom is -0.361 e. The van der Waals surface area contributed by atoms with Gasteiger partial charge in [0.25, 0.3) is 0 Å². The summed E-state index contributed by atoms with van der Waals surface area (Å²) >= 11 is 0. The summed E-state index contributed by atoms with van der Waals surface area (Å²) in [6, 6.07) is 2.50. The highest BCUT2D eigenvalue weighted by atomic mass is 32.3. The number of hydrogen-bond acceptors (Lipinski definition) is 4. The summed E-state index contributed by atoms with van der Waals surface area (Å²) in [6.07, 6.45) is -5.09. The molecule has 0 unspecified atom stereocenters. The Morgan fingerprint density at radius 1 is 1.29 bits per heavy atom. The molecule has 1 aromatic rings. The molecule has 1 N–H and O–H groups in total. The maximum Gasteiger partial charge on any atom is 0.446 e. The Bertz CT molecular complexity index is 535. The van der Waals surface area contributed by atoms with Crippen LogP contribution in [0.1, 0.15) is 15.9 Å². The zero-order chi connectivity index (χ0) is 13.3. The fourth-order valence-electron chi connectivity index (χ4n) is 1.13. The standard InChI is InChI=1S/C8H5F3O5S/c9-8(10,11)7-5(4-12)2-1-3-6(7)16-17(13,14)15/h1-4H,(H,13,14,15). The first-order valence-electron chi connectivity index (χ1n) is 3.97. The molecule has 0 atom stereocenters. The molecule has 0 bridgehead atoms. The van der Waals surface area contributed by atoms with Crippen molar-refractivity contribution in [2.45, 2.75) is 6.18 Å². The van der Waals surface area contributed by atoms with Crippen LogP contribution in [0.4, 0.5) is 13.2 Å². The highest BCUT2D eigenvalue weighted by molar-refractivity contribution is 7.81. The molecule has 0 fully saturated rings. The summed E-state index contributed by atoms with van der Waals surface area (Å²) in [4.78, 5) is 10.4. The summed E-state index contributed by atoms with van der Waals surface area (Å²) in [5.74, 6) is -1.16. The molecule has 1 aromatic carbocycles. The van der Waals surface area contributed by atoms with Crippen molar-refractivity contribution in [1.29, 1.82) is 0 Å². The van der Waals surface area contributed by atoms with Crippen molar-refractivity contribution in [3.05, 3.63) is 29.3 Å². The van der Waals surface area contributed by atoms with Crippen molar-refractivity contribution in [1.82, 2.24) is 0 Å². The van der Waals surface area contributed by atoms with Crippen molar-refractivity contribution in [2.75, 3.05) is 0 Å². The summed E-state index contributed by atoms with van der Waals surface area (Å²) in [6.45, 7) is 0. The van der Waals surface area contributed by atoms with Crippen molar-refractivity contribution >= 4 is 16.7 Å². The van der Waals surface area contributed by atoms with Crippen LogP contribution in [-0.4, -0.2) is 19.3 Å². The van der Waals surface area contributed by atoms with Gasteiger partial charge in [-0.15, -0.1) is 0 Å². The van der Waals surface area contributed by atoms with E-state index in [0.717, 1.165) is 12.1 Å². The Morgan fingerprint density at radius 3 is 2.29 bits per heavy atom. The molecule has 17 heavy (non-hydrogen) atoms. The molecule has 0 spiro atoms. The Labute approximate surface area is 93.8 Å². The molecule has 1 rings (SSSR count). The molecule has 5 nitrogen and oxygen atoms in total. The average molecular weight is 270 g/mol. The predicted octanol–water partition coefficient (Wildman–Crippen LogP) is 1.70. The summed E-state index contributed by atoms with van der Waals surface area (Å²) in [7, 11) is -5.10. The fraction of sp³-hybridized carbons (Fsp3) is 0.125. The minimum atomic E-state index is -5.10. The Kier molecular flexibility index (Phi) is 3.43. The maximum atomic E-state index is 12.6. The first-order chi connectivity index (χ1) is 7.65. The lowest BCUT2D eigenvalue weighted by Gasteiger charge is -2.13. The van der Waals surface area contributed by atoms with E-state index in [0.29, 0.717) is 6.07 Å². The number of carbonyl (C=O) groups is 1. The molecule has 0 aliphatic rings. The van der Waals surface area contributed by atoms with E-state index in [1.807, 2.05) is 0 Å². The Hall–Kier alpha value is -1.61. The molecule has 0 aromatic heterocycles. The molecule has 0 aliphatic heterocycles. The second-order valence-corrected chi connectivity index (χ2v) is 3.87. The molecule has 0 amide bonds.